The van der Waals surface area contributed by atoms with Crippen LogP contribution >= 0.6 is 0 Å². The van der Waals surface area contributed by atoms with Gasteiger partial charge in [0.25, 0.3) is 0 Å². The van der Waals surface area contributed by atoms with Crippen molar-refractivity contribution in [2.45, 2.75) is 50.1 Å². The fourth-order valence-corrected chi connectivity index (χ4v) is 3.38. The number of methoxy groups -OCH3 is 1. The Hall–Kier alpha value is -0.160. The van der Waals surface area contributed by atoms with Crippen LogP contribution in [-0.2, 0) is 4.74 Å². The summed E-state index contributed by atoms with van der Waals surface area (Å²) in [6.45, 7) is 3.19. The van der Waals surface area contributed by atoms with Crippen molar-refractivity contribution in [3.63, 3.8) is 0 Å². The summed E-state index contributed by atoms with van der Waals surface area (Å²) in [7, 11) is 3.91. The fourth-order valence-electron chi connectivity index (χ4n) is 3.38. The van der Waals surface area contributed by atoms with Crippen LogP contribution in [0, 0.1) is 5.92 Å². The Labute approximate surface area is 117 Å². The summed E-state index contributed by atoms with van der Waals surface area (Å²) in [6.07, 6.45) is 7.43. The molecular weight excluding hydrogens is 240 g/mol. The van der Waals surface area contributed by atoms with E-state index in [0.717, 1.165) is 26.1 Å². The molecule has 0 radical (unpaired) electrons. The Morgan fingerprint density at radius 2 is 2.11 bits per heavy atom. The van der Waals surface area contributed by atoms with Crippen molar-refractivity contribution in [3.05, 3.63) is 0 Å². The topological polar surface area (TPSA) is 44.7 Å². The van der Waals surface area contributed by atoms with Crippen molar-refractivity contribution in [2.24, 2.45) is 5.92 Å². The third-order valence-electron chi connectivity index (χ3n) is 4.84. The van der Waals surface area contributed by atoms with E-state index >= 15 is 0 Å². The summed E-state index contributed by atoms with van der Waals surface area (Å²) >= 11 is 0. The third kappa shape index (κ3) is 4.15. The van der Waals surface area contributed by atoms with Crippen LogP contribution in [0.3, 0.4) is 0 Å². The van der Waals surface area contributed by atoms with Crippen molar-refractivity contribution in [2.75, 3.05) is 40.5 Å². The Morgan fingerprint density at radius 1 is 1.32 bits per heavy atom. The zero-order valence-corrected chi connectivity index (χ0v) is 12.5. The molecule has 0 aromatic carbocycles. The van der Waals surface area contributed by atoms with Crippen molar-refractivity contribution >= 4 is 0 Å². The van der Waals surface area contributed by atoms with Gasteiger partial charge in [-0.1, -0.05) is 6.42 Å². The van der Waals surface area contributed by atoms with Crippen LogP contribution in [0.5, 0.6) is 0 Å². The van der Waals surface area contributed by atoms with E-state index in [9.17, 15) is 5.11 Å². The molecule has 2 saturated carbocycles. The number of hydrogen-bond donors (Lipinski definition) is 2. The lowest BCUT2D eigenvalue weighted by Gasteiger charge is -2.36. The number of ether oxygens (including phenoxy) is 1. The van der Waals surface area contributed by atoms with Gasteiger partial charge in [0.1, 0.15) is 0 Å². The molecule has 0 saturated heterocycles. The molecule has 0 amide bonds. The first kappa shape index (κ1) is 15.2. The van der Waals surface area contributed by atoms with Gasteiger partial charge in [-0.15, -0.1) is 0 Å². The monoisotopic (exact) mass is 270 g/mol. The summed E-state index contributed by atoms with van der Waals surface area (Å²) in [5, 5.41) is 13.6. The summed E-state index contributed by atoms with van der Waals surface area (Å²) < 4.78 is 5.11. The van der Waals surface area contributed by atoms with E-state index in [2.05, 4.69) is 17.3 Å². The molecule has 2 fully saturated rings. The van der Waals surface area contributed by atoms with Gasteiger partial charge in [-0.2, -0.15) is 0 Å². The summed E-state index contributed by atoms with van der Waals surface area (Å²) in [5.74, 6) is 0.628. The maximum atomic E-state index is 9.87. The molecule has 2 rings (SSSR count). The van der Waals surface area contributed by atoms with Gasteiger partial charge >= 0.3 is 0 Å². The highest BCUT2D eigenvalue weighted by Gasteiger charge is 2.44. The zero-order valence-electron chi connectivity index (χ0n) is 12.5. The number of nitrogens with zero attached hydrogens (tertiary/aromatic N) is 1. The third-order valence-corrected chi connectivity index (χ3v) is 4.84. The summed E-state index contributed by atoms with van der Waals surface area (Å²) in [6, 6.07) is 0.680. The number of likely N-dealkylation sites (N-methyl/N-ethyl adjacent to an activating group) is 1. The minimum Gasteiger partial charge on any atom is -0.394 e. The van der Waals surface area contributed by atoms with Crippen LogP contribution in [0.4, 0.5) is 0 Å². The van der Waals surface area contributed by atoms with E-state index < -0.39 is 0 Å². The van der Waals surface area contributed by atoms with E-state index in [1.165, 1.54) is 32.1 Å². The highest BCUT2D eigenvalue weighted by molar-refractivity contribution is 5.03. The van der Waals surface area contributed by atoms with Gasteiger partial charge in [0.05, 0.1) is 13.2 Å². The maximum absolute atomic E-state index is 9.87. The van der Waals surface area contributed by atoms with Gasteiger partial charge in [-0.25, -0.2) is 0 Å². The summed E-state index contributed by atoms with van der Waals surface area (Å²) in [4.78, 5) is 2.33. The molecule has 2 atom stereocenters. The maximum Gasteiger partial charge on any atom is 0.0616 e. The number of nitrogens with one attached hydrogen (secondary N) is 1. The SMILES string of the molecule is COCCN(C)CCC1CCCC1(CO)NC1CC1. The second-order valence-corrected chi connectivity index (χ2v) is 6.41. The average Bonchev–Trinajstić information content (AvgIpc) is 3.13. The van der Waals surface area contributed by atoms with E-state index in [1.807, 2.05) is 0 Å². The molecular formula is C15H30N2O2. The highest BCUT2D eigenvalue weighted by Crippen LogP contribution is 2.40. The van der Waals surface area contributed by atoms with Crippen molar-refractivity contribution in [1.82, 2.24) is 10.2 Å². The first-order valence-corrected chi connectivity index (χ1v) is 7.76. The first-order chi connectivity index (χ1) is 9.20. The van der Waals surface area contributed by atoms with Crippen LogP contribution < -0.4 is 5.32 Å². The van der Waals surface area contributed by atoms with Gasteiger partial charge in [0, 0.05) is 25.2 Å². The van der Waals surface area contributed by atoms with Gasteiger partial charge in [0.15, 0.2) is 0 Å². The zero-order chi connectivity index (χ0) is 13.7. The Morgan fingerprint density at radius 3 is 2.74 bits per heavy atom. The van der Waals surface area contributed by atoms with Gasteiger partial charge in [0.2, 0.25) is 0 Å². The smallest absolute Gasteiger partial charge is 0.0616 e. The number of aliphatic hydroxyl groups excluding tert-OH is 1. The standard InChI is InChI=1S/C15H30N2O2/c1-17(10-11-19-2)9-7-13-4-3-8-15(13,12-18)16-14-5-6-14/h13-14,16,18H,3-12H2,1-2H3. The Balaban J connectivity index is 1.79. The normalized spacial score (nSPS) is 31.3. The van der Waals surface area contributed by atoms with Crippen molar-refractivity contribution in [3.8, 4) is 0 Å². The first-order valence-electron chi connectivity index (χ1n) is 7.76. The molecule has 0 heterocycles. The molecule has 2 N–H and O–H groups in total. The minimum absolute atomic E-state index is 0.0171. The Bertz CT molecular complexity index is 271. The van der Waals surface area contributed by atoms with Crippen LogP contribution in [0.2, 0.25) is 0 Å². The number of hydrogen-bond acceptors (Lipinski definition) is 4. The fraction of sp³-hybridized carbons (Fsp3) is 1.00. The molecule has 0 aliphatic heterocycles. The molecule has 4 nitrogen and oxygen atoms in total. The quantitative estimate of drug-likeness (QED) is 0.662. The minimum atomic E-state index is 0.0171. The van der Waals surface area contributed by atoms with Gasteiger partial charge in [-0.3, -0.25) is 0 Å². The Kier molecular flexibility index (Phi) is 5.63. The van der Waals surface area contributed by atoms with Crippen LogP contribution in [0.25, 0.3) is 0 Å². The predicted octanol–water partition coefficient (Wildman–Crippen LogP) is 1.24. The van der Waals surface area contributed by atoms with Crippen LogP contribution in [-0.4, -0.2) is 62.0 Å². The largest absolute Gasteiger partial charge is 0.394 e. The molecule has 0 spiro atoms. The van der Waals surface area contributed by atoms with Crippen molar-refractivity contribution in [1.29, 1.82) is 0 Å². The molecule has 19 heavy (non-hydrogen) atoms. The highest BCUT2D eigenvalue weighted by atomic mass is 16.5. The lowest BCUT2D eigenvalue weighted by atomic mass is 9.85. The van der Waals surface area contributed by atoms with Crippen LogP contribution in [0.15, 0.2) is 0 Å². The van der Waals surface area contributed by atoms with E-state index in [-0.39, 0.29) is 5.54 Å². The molecule has 2 aliphatic carbocycles. The molecule has 112 valence electrons. The van der Waals surface area contributed by atoms with E-state index in [1.54, 1.807) is 7.11 Å². The van der Waals surface area contributed by atoms with E-state index in [4.69, 9.17) is 4.74 Å². The van der Waals surface area contributed by atoms with E-state index in [0.29, 0.717) is 18.6 Å². The summed E-state index contributed by atoms with van der Waals surface area (Å²) in [5.41, 5.74) is 0.0171. The van der Waals surface area contributed by atoms with Crippen molar-refractivity contribution < 1.29 is 9.84 Å². The molecule has 0 aromatic rings. The number of rotatable bonds is 9. The van der Waals surface area contributed by atoms with Gasteiger partial charge < -0.3 is 20.1 Å². The lowest BCUT2D eigenvalue weighted by Crippen LogP contribution is -2.53. The average molecular weight is 270 g/mol. The number of aliphatic hydroxyl groups is 1. The molecule has 2 aliphatic rings. The lowest BCUT2D eigenvalue weighted by molar-refractivity contribution is 0.106. The molecule has 0 bridgehead atoms. The molecule has 4 heteroatoms. The molecule has 0 aromatic heterocycles. The second kappa shape index (κ2) is 7.02. The molecule has 2 unspecified atom stereocenters. The predicted molar refractivity (Wildman–Crippen MR) is 77.3 cm³/mol. The second-order valence-electron chi connectivity index (χ2n) is 6.41. The van der Waals surface area contributed by atoms with Gasteiger partial charge in [-0.05, 0) is 51.6 Å². The van der Waals surface area contributed by atoms with Crippen LogP contribution in [0.1, 0.15) is 38.5 Å².